The van der Waals surface area contributed by atoms with Gasteiger partial charge in [-0.15, -0.1) is 0 Å². The molecule has 1 saturated heterocycles. The highest BCUT2D eigenvalue weighted by atomic mass is 32.2. The predicted octanol–water partition coefficient (Wildman–Crippen LogP) is 0.316. The third-order valence-electron chi connectivity index (χ3n) is 2.28. The molecule has 1 fully saturated rings. The van der Waals surface area contributed by atoms with Crippen LogP contribution in [0.5, 0.6) is 0 Å². The zero-order valence-electron chi connectivity index (χ0n) is 8.77. The Hall–Kier alpha value is -0.130. The number of nitrogens with two attached hydrogens (primary N) is 1. The Kier molecular flexibility index (Phi) is 3.92. The number of sulfone groups is 1. The van der Waals surface area contributed by atoms with E-state index in [1.807, 2.05) is 6.92 Å². The summed E-state index contributed by atoms with van der Waals surface area (Å²) in [6.07, 6.45) is 1.89. The molecule has 0 spiro atoms. The highest BCUT2D eigenvalue weighted by molar-refractivity contribution is 7.91. The zero-order chi connectivity index (χ0) is 10.8. The molecule has 1 aliphatic rings. The molecule has 3 unspecified atom stereocenters. The Morgan fingerprint density at radius 2 is 2.14 bits per heavy atom. The number of rotatable bonds is 4. The fraction of sp³-hybridized carbons (Fsp3) is 1.00. The third-order valence-corrected chi connectivity index (χ3v) is 4.19. The predicted molar refractivity (Wildman–Crippen MR) is 55.9 cm³/mol. The molecule has 14 heavy (non-hydrogen) atoms. The van der Waals surface area contributed by atoms with Crippen LogP contribution in [0.4, 0.5) is 0 Å². The lowest BCUT2D eigenvalue weighted by Gasteiger charge is -2.12. The van der Waals surface area contributed by atoms with Crippen LogP contribution in [0.15, 0.2) is 0 Å². The second-order valence-electron chi connectivity index (χ2n) is 4.20. The zero-order valence-corrected chi connectivity index (χ0v) is 9.59. The molecule has 2 N–H and O–H groups in total. The van der Waals surface area contributed by atoms with Crippen LogP contribution in [-0.2, 0) is 14.6 Å². The molecule has 1 aliphatic heterocycles. The normalized spacial score (nSPS) is 30.5. The van der Waals surface area contributed by atoms with E-state index in [-0.39, 0.29) is 29.8 Å². The highest BCUT2D eigenvalue weighted by Gasteiger charge is 2.27. The molecule has 0 aromatic heterocycles. The van der Waals surface area contributed by atoms with Crippen molar-refractivity contribution in [2.45, 2.75) is 44.9 Å². The van der Waals surface area contributed by atoms with Crippen molar-refractivity contribution in [3.05, 3.63) is 0 Å². The minimum atomic E-state index is -3.04. The maximum absolute atomic E-state index is 11.5. The van der Waals surface area contributed by atoms with Gasteiger partial charge in [-0.25, -0.2) is 8.42 Å². The van der Waals surface area contributed by atoms with Gasteiger partial charge in [0.15, 0.2) is 9.84 Å². The maximum Gasteiger partial charge on any atom is 0.154 e. The van der Waals surface area contributed by atoms with Crippen LogP contribution in [0, 0.1) is 0 Å². The van der Waals surface area contributed by atoms with Crippen LogP contribution in [0.2, 0.25) is 0 Å². The van der Waals surface area contributed by atoms with Gasteiger partial charge in [0.05, 0.1) is 23.7 Å². The van der Waals surface area contributed by atoms with Crippen LogP contribution in [0.1, 0.15) is 26.7 Å². The van der Waals surface area contributed by atoms with E-state index in [1.165, 1.54) is 0 Å². The lowest BCUT2D eigenvalue weighted by atomic mass is 10.2. The van der Waals surface area contributed by atoms with Gasteiger partial charge < -0.3 is 10.5 Å². The Bertz CT molecular complexity index is 274. The fourth-order valence-corrected chi connectivity index (χ4v) is 3.51. The number of hydrogen-bond donors (Lipinski definition) is 1. The molecule has 0 bridgehead atoms. The van der Waals surface area contributed by atoms with Crippen LogP contribution in [-0.4, -0.2) is 38.2 Å². The van der Waals surface area contributed by atoms with Gasteiger partial charge >= 0.3 is 0 Å². The molecule has 0 saturated carbocycles. The molecule has 3 atom stereocenters. The average Bonchev–Trinajstić information content (AvgIpc) is 2.30. The topological polar surface area (TPSA) is 69.4 Å². The van der Waals surface area contributed by atoms with E-state index < -0.39 is 9.84 Å². The van der Waals surface area contributed by atoms with Crippen LogP contribution in [0.25, 0.3) is 0 Å². The summed E-state index contributed by atoms with van der Waals surface area (Å²) < 4.78 is 28.5. The summed E-state index contributed by atoms with van der Waals surface area (Å²) in [5, 5.41) is 0. The Balaban J connectivity index is 2.43. The highest BCUT2D eigenvalue weighted by Crippen LogP contribution is 2.20. The van der Waals surface area contributed by atoms with E-state index in [2.05, 4.69) is 0 Å². The lowest BCUT2D eigenvalue weighted by Crippen LogP contribution is -2.31. The van der Waals surface area contributed by atoms with Gasteiger partial charge in [0.25, 0.3) is 0 Å². The van der Waals surface area contributed by atoms with Crippen molar-refractivity contribution in [1.82, 2.24) is 0 Å². The summed E-state index contributed by atoms with van der Waals surface area (Å²) in [4.78, 5) is 0. The van der Waals surface area contributed by atoms with E-state index in [0.717, 1.165) is 12.8 Å². The number of hydrogen-bond acceptors (Lipinski definition) is 4. The molecular weight excluding hydrogens is 202 g/mol. The van der Waals surface area contributed by atoms with Crippen molar-refractivity contribution in [3.8, 4) is 0 Å². The summed E-state index contributed by atoms with van der Waals surface area (Å²) in [7, 11) is -3.04. The molecule has 1 rings (SSSR count). The first kappa shape index (κ1) is 11.9. The Morgan fingerprint density at radius 3 is 2.57 bits per heavy atom. The van der Waals surface area contributed by atoms with Crippen LogP contribution >= 0.6 is 0 Å². The molecule has 0 aromatic rings. The fourth-order valence-electron chi connectivity index (χ4n) is 1.76. The van der Waals surface area contributed by atoms with Gasteiger partial charge in [-0.1, -0.05) is 0 Å². The quantitative estimate of drug-likeness (QED) is 0.742. The Morgan fingerprint density at radius 1 is 1.50 bits per heavy atom. The summed E-state index contributed by atoms with van der Waals surface area (Å²) in [5.74, 6) is 0.181. The molecule has 0 radical (unpaired) electrons. The second kappa shape index (κ2) is 4.59. The first-order valence-electron chi connectivity index (χ1n) is 5.00. The smallest absolute Gasteiger partial charge is 0.154 e. The van der Waals surface area contributed by atoms with E-state index in [1.54, 1.807) is 6.92 Å². The summed E-state index contributed by atoms with van der Waals surface area (Å²) in [6.45, 7) is 3.67. The van der Waals surface area contributed by atoms with Crippen molar-refractivity contribution in [2.24, 2.45) is 5.73 Å². The molecule has 4 nitrogen and oxygen atoms in total. The third kappa shape index (κ3) is 3.94. The monoisotopic (exact) mass is 221 g/mol. The average molecular weight is 221 g/mol. The molecule has 5 heteroatoms. The molecule has 0 amide bonds. The maximum atomic E-state index is 11.5. The number of ether oxygens (including phenoxy) is 1. The van der Waals surface area contributed by atoms with Crippen LogP contribution in [0.3, 0.4) is 0 Å². The van der Waals surface area contributed by atoms with Crippen LogP contribution < -0.4 is 5.73 Å². The minimum Gasteiger partial charge on any atom is -0.374 e. The molecule has 0 aliphatic carbocycles. The van der Waals surface area contributed by atoms with Gasteiger partial charge in [-0.2, -0.15) is 0 Å². The van der Waals surface area contributed by atoms with Gasteiger partial charge in [-0.3, -0.25) is 0 Å². The second-order valence-corrected chi connectivity index (χ2v) is 6.35. The van der Waals surface area contributed by atoms with E-state index >= 15 is 0 Å². The van der Waals surface area contributed by atoms with Crippen molar-refractivity contribution in [1.29, 1.82) is 0 Å². The SMILES string of the molecule is CC(N)CS(=O)(=O)CC1CCC(C)O1. The first-order valence-corrected chi connectivity index (χ1v) is 6.82. The van der Waals surface area contributed by atoms with E-state index in [9.17, 15) is 8.42 Å². The summed E-state index contributed by atoms with van der Waals surface area (Å²) >= 11 is 0. The summed E-state index contributed by atoms with van der Waals surface area (Å²) in [6, 6.07) is -0.293. The molecule has 1 heterocycles. The van der Waals surface area contributed by atoms with E-state index in [0.29, 0.717) is 0 Å². The standard InChI is InChI=1S/C9H19NO3S/c1-7(10)5-14(11,12)6-9-4-3-8(2)13-9/h7-9H,3-6,10H2,1-2H3. The van der Waals surface area contributed by atoms with E-state index in [4.69, 9.17) is 10.5 Å². The van der Waals surface area contributed by atoms with Crippen molar-refractivity contribution >= 4 is 9.84 Å². The van der Waals surface area contributed by atoms with Crippen molar-refractivity contribution < 1.29 is 13.2 Å². The van der Waals surface area contributed by atoms with Gasteiger partial charge in [0, 0.05) is 6.04 Å². The lowest BCUT2D eigenvalue weighted by molar-refractivity contribution is 0.0690. The largest absolute Gasteiger partial charge is 0.374 e. The molecule has 0 aromatic carbocycles. The first-order chi connectivity index (χ1) is 6.39. The molecule has 84 valence electrons. The van der Waals surface area contributed by atoms with Gasteiger partial charge in [0.2, 0.25) is 0 Å². The van der Waals surface area contributed by atoms with Gasteiger partial charge in [0.1, 0.15) is 0 Å². The Labute approximate surface area is 85.7 Å². The molecular formula is C9H19NO3S. The van der Waals surface area contributed by atoms with Crippen molar-refractivity contribution in [3.63, 3.8) is 0 Å². The minimum absolute atomic E-state index is 0.0568. The van der Waals surface area contributed by atoms with Crippen molar-refractivity contribution in [2.75, 3.05) is 11.5 Å². The van der Waals surface area contributed by atoms with Gasteiger partial charge in [-0.05, 0) is 26.7 Å². The summed E-state index contributed by atoms with van der Waals surface area (Å²) in [5.41, 5.74) is 5.46.